The van der Waals surface area contributed by atoms with Crippen LogP contribution < -0.4 is 5.73 Å². The van der Waals surface area contributed by atoms with Gasteiger partial charge in [-0.05, 0) is 24.3 Å². The van der Waals surface area contributed by atoms with E-state index in [4.69, 9.17) is 40.5 Å². The Morgan fingerprint density at radius 1 is 0.938 bits per heavy atom. The Kier molecular flexibility index (Phi) is 3.24. The van der Waals surface area contributed by atoms with E-state index in [9.17, 15) is 0 Å². The molecule has 0 radical (unpaired) electrons. The lowest BCUT2D eigenvalue weighted by Gasteiger charge is -2.08. The van der Waals surface area contributed by atoms with Gasteiger partial charge >= 0.3 is 0 Å². The van der Waals surface area contributed by atoms with Gasteiger partial charge in [0.05, 0.1) is 15.1 Å². The van der Waals surface area contributed by atoms with Crippen molar-refractivity contribution in [1.29, 1.82) is 0 Å². The van der Waals surface area contributed by atoms with Crippen LogP contribution in [0.4, 0.5) is 5.82 Å². The van der Waals surface area contributed by atoms with Gasteiger partial charge in [0.1, 0.15) is 5.82 Å². The fraction of sp³-hybridized carbons (Fsp3) is 0. The van der Waals surface area contributed by atoms with Gasteiger partial charge in [-0.15, -0.1) is 0 Å². The number of benzene rings is 1. The maximum absolute atomic E-state index is 6.10. The second-order valence-electron chi connectivity index (χ2n) is 3.19. The van der Waals surface area contributed by atoms with Crippen LogP contribution in [0.5, 0.6) is 0 Å². The monoisotopic (exact) mass is 272 g/mol. The molecule has 0 unspecified atom stereocenters. The molecule has 0 saturated carbocycles. The van der Waals surface area contributed by atoms with Crippen LogP contribution in [0.3, 0.4) is 0 Å². The Morgan fingerprint density at radius 3 is 2.25 bits per heavy atom. The van der Waals surface area contributed by atoms with E-state index >= 15 is 0 Å². The number of anilines is 1. The lowest BCUT2D eigenvalue weighted by atomic mass is 10.1. The van der Waals surface area contributed by atoms with Crippen molar-refractivity contribution in [3.8, 4) is 11.1 Å². The van der Waals surface area contributed by atoms with Gasteiger partial charge in [0, 0.05) is 17.3 Å². The van der Waals surface area contributed by atoms with Gasteiger partial charge in [-0.3, -0.25) is 0 Å². The number of hydrogen-bond acceptors (Lipinski definition) is 2. The quantitative estimate of drug-likeness (QED) is 0.787. The van der Waals surface area contributed by atoms with Crippen LogP contribution >= 0.6 is 34.8 Å². The van der Waals surface area contributed by atoms with Gasteiger partial charge < -0.3 is 5.73 Å². The van der Waals surface area contributed by atoms with Crippen LogP contribution in [0.2, 0.25) is 15.1 Å². The van der Waals surface area contributed by atoms with Crippen LogP contribution in [0.15, 0.2) is 30.5 Å². The summed E-state index contributed by atoms with van der Waals surface area (Å²) in [6, 6.07) is 6.83. The zero-order valence-electron chi connectivity index (χ0n) is 8.05. The highest BCUT2D eigenvalue weighted by molar-refractivity contribution is 6.46. The average Bonchev–Trinajstić information content (AvgIpc) is 2.27. The van der Waals surface area contributed by atoms with Crippen LogP contribution in [-0.4, -0.2) is 4.98 Å². The summed E-state index contributed by atoms with van der Waals surface area (Å²) >= 11 is 18.1. The maximum atomic E-state index is 6.10. The molecule has 0 spiro atoms. The number of rotatable bonds is 1. The fourth-order valence-electron chi connectivity index (χ4n) is 1.34. The minimum atomic E-state index is 0.417. The lowest BCUT2D eigenvalue weighted by molar-refractivity contribution is 1.34. The molecule has 0 aliphatic rings. The SMILES string of the molecule is Nc1ccc(-c2c(Cl)ccc(Cl)c2Cl)cn1. The van der Waals surface area contributed by atoms with E-state index in [1.54, 1.807) is 30.5 Å². The number of hydrogen-bond donors (Lipinski definition) is 1. The Labute approximate surface area is 108 Å². The number of nitrogens with two attached hydrogens (primary N) is 1. The van der Waals surface area contributed by atoms with Gasteiger partial charge in [0.25, 0.3) is 0 Å². The summed E-state index contributed by atoms with van der Waals surface area (Å²) in [6.07, 6.45) is 1.61. The average molecular weight is 274 g/mol. The molecule has 0 aliphatic carbocycles. The van der Waals surface area contributed by atoms with Crippen LogP contribution in [0.25, 0.3) is 11.1 Å². The number of pyridine rings is 1. The van der Waals surface area contributed by atoms with E-state index in [1.165, 1.54) is 0 Å². The highest BCUT2D eigenvalue weighted by atomic mass is 35.5. The van der Waals surface area contributed by atoms with Crippen molar-refractivity contribution < 1.29 is 0 Å². The summed E-state index contributed by atoms with van der Waals surface area (Å²) in [6.45, 7) is 0. The molecular weight excluding hydrogens is 266 g/mol. The molecule has 0 fully saturated rings. The van der Waals surface area contributed by atoms with E-state index in [2.05, 4.69) is 4.98 Å². The zero-order valence-corrected chi connectivity index (χ0v) is 10.3. The van der Waals surface area contributed by atoms with Gasteiger partial charge in [0.2, 0.25) is 0 Å². The second kappa shape index (κ2) is 4.50. The van der Waals surface area contributed by atoms with Gasteiger partial charge in [0.15, 0.2) is 0 Å². The molecule has 1 heterocycles. The molecule has 2 aromatic rings. The minimum Gasteiger partial charge on any atom is -0.384 e. The van der Waals surface area contributed by atoms with Crippen molar-refractivity contribution in [1.82, 2.24) is 4.98 Å². The fourth-order valence-corrected chi connectivity index (χ4v) is 2.09. The summed E-state index contributed by atoms with van der Waals surface area (Å²) in [4.78, 5) is 3.98. The van der Waals surface area contributed by atoms with Gasteiger partial charge in [-0.25, -0.2) is 4.98 Å². The third kappa shape index (κ3) is 2.09. The summed E-state index contributed by atoms with van der Waals surface area (Å²) in [5, 5.41) is 1.40. The third-order valence-corrected chi connectivity index (χ3v) is 3.24. The molecule has 0 aliphatic heterocycles. The van der Waals surface area contributed by atoms with Crippen molar-refractivity contribution in [2.45, 2.75) is 0 Å². The molecule has 16 heavy (non-hydrogen) atoms. The summed E-state index contributed by atoms with van der Waals surface area (Å²) in [5.74, 6) is 0.443. The van der Waals surface area contributed by atoms with Crippen LogP contribution in [0.1, 0.15) is 0 Å². The first-order chi connectivity index (χ1) is 7.59. The predicted molar refractivity (Wildman–Crippen MR) is 69.1 cm³/mol. The number of aromatic nitrogens is 1. The number of nitrogen functional groups attached to an aromatic ring is 1. The van der Waals surface area contributed by atoms with E-state index in [1.807, 2.05) is 0 Å². The molecule has 5 heteroatoms. The van der Waals surface area contributed by atoms with Gasteiger partial charge in [-0.2, -0.15) is 0 Å². The van der Waals surface area contributed by atoms with E-state index in [0.29, 0.717) is 26.4 Å². The van der Waals surface area contributed by atoms with E-state index in [0.717, 1.165) is 5.56 Å². The molecule has 2 nitrogen and oxygen atoms in total. The van der Waals surface area contributed by atoms with Crippen molar-refractivity contribution in [3.63, 3.8) is 0 Å². The van der Waals surface area contributed by atoms with Crippen molar-refractivity contribution in [3.05, 3.63) is 45.5 Å². The van der Waals surface area contributed by atoms with E-state index in [-0.39, 0.29) is 0 Å². The number of nitrogens with zero attached hydrogens (tertiary/aromatic N) is 1. The first kappa shape index (κ1) is 11.5. The third-order valence-electron chi connectivity index (χ3n) is 2.12. The van der Waals surface area contributed by atoms with Gasteiger partial charge in [-0.1, -0.05) is 34.8 Å². The van der Waals surface area contributed by atoms with E-state index < -0.39 is 0 Å². The standard InChI is InChI=1S/C11H7Cl3N2/c12-7-2-3-8(13)11(14)10(7)6-1-4-9(15)16-5-6/h1-5H,(H2,15,16). The first-order valence-corrected chi connectivity index (χ1v) is 5.58. The van der Waals surface area contributed by atoms with Crippen molar-refractivity contribution >= 4 is 40.6 Å². The summed E-state index contributed by atoms with van der Waals surface area (Å²) in [5.41, 5.74) is 6.96. The molecular formula is C11H7Cl3N2. The highest BCUT2D eigenvalue weighted by Crippen LogP contribution is 2.38. The van der Waals surface area contributed by atoms with Crippen LogP contribution in [-0.2, 0) is 0 Å². The maximum Gasteiger partial charge on any atom is 0.123 e. The molecule has 1 aromatic heterocycles. The van der Waals surface area contributed by atoms with Crippen LogP contribution in [0, 0.1) is 0 Å². The van der Waals surface area contributed by atoms with Crippen molar-refractivity contribution in [2.24, 2.45) is 0 Å². The Hall–Kier alpha value is -0.960. The first-order valence-electron chi connectivity index (χ1n) is 4.45. The molecule has 82 valence electrons. The molecule has 2 rings (SSSR count). The highest BCUT2D eigenvalue weighted by Gasteiger charge is 2.11. The Bertz CT molecular complexity index is 523. The molecule has 0 bridgehead atoms. The Balaban J connectivity index is 2.63. The molecule has 2 N–H and O–H groups in total. The molecule has 1 aromatic carbocycles. The largest absolute Gasteiger partial charge is 0.384 e. The second-order valence-corrected chi connectivity index (χ2v) is 4.38. The normalized spacial score (nSPS) is 10.4. The molecule has 0 saturated heterocycles. The number of halogens is 3. The lowest BCUT2D eigenvalue weighted by Crippen LogP contribution is -1.90. The topological polar surface area (TPSA) is 38.9 Å². The Morgan fingerprint density at radius 2 is 1.62 bits per heavy atom. The zero-order chi connectivity index (χ0) is 11.7. The van der Waals surface area contributed by atoms with Crippen molar-refractivity contribution in [2.75, 3.05) is 5.73 Å². The minimum absolute atomic E-state index is 0.417. The molecule has 0 amide bonds. The predicted octanol–water partition coefficient (Wildman–Crippen LogP) is 4.29. The smallest absolute Gasteiger partial charge is 0.123 e. The summed E-state index contributed by atoms with van der Waals surface area (Å²) in [7, 11) is 0. The summed E-state index contributed by atoms with van der Waals surface area (Å²) < 4.78 is 0. The molecule has 0 atom stereocenters.